The summed E-state index contributed by atoms with van der Waals surface area (Å²) in [5.74, 6) is 1.75. The van der Waals surface area contributed by atoms with E-state index in [2.05, 4.69) is 20.4 Å². The summed E-state index contributed by atoms with van der Waals surface area (Å²) in [6.07, 6.45) is 6.50. The predicted octanol–water partition coefficient (Wildman–Crippen LogP) is 3.86. The van der Waals surface area contributed by atoms with E-state index < -0.39 is 6.10 Å². The number of carbonyl (C=O) groups is 2. The molecule has 3 saturated carbocycles. The molecule has 0 aromatic heterocycles. The second kappa shape index (κ2) is 5.39. The summed E-state index contributed by atoms with van der Waals surface area (Å²) in [4.78, 5) is 24.2. The molecule has 0 aromatic carbocycles. The average Bonchev–Trinajstić information content (AvgIpc) is 2.79. The molecule has 1 unspecified atom stereocenters. The number of hydrogen-bond acceptors (Lipinski definition) is 3. The quantitative estimate of drug-likeness (QED) is 0.736. The van der Waals surface area contributed by atoms with Gasteiger partial charge in [0.1, 0.15) is 5.78 Å². The number of allylic oxidation sites excluding steroid dienone is 1. The summed E-state index contributed by atoms with van der Waals surface area (Å²) < 4.78 is 0. The molecule has 0 radical (unpaired) electrons. The smallest absolute Gasteiger partial charge is 0.158 e. The monoisotopic (exact) mass is 342 g/mol. The highest BCUT2D eigenvalue weighted by atomic mass is 16.3. The topological polar surface area (TPSA) is 54.4 Å². The van der Waals surface area contributed by atoms with Gasteiger partial charge in [0.2, 0.25) is 0 Å². The van der Waals surface area contributed by atoms with E-state index in [9.17, 15) is 14.7 Å². The molecule has 1 N–H and O–H groups in total. The molecule has 3 fully saturated rings. The van der Waals surface area contributed by atoms with Crippen molar-refractivity contribution in [2.24, 2.45) is 34.5 Å². The SMILES string of the molecule is C=C1C[C@H]2[C@@H]3CCC4=CC(=O)CC(O)[C@]4(C)[C@H]3CC[C@]2(C)[C@H]1C(C)=O. The zero-order valence-electron chi connectivity index (χ0n) is 15.7. The fraction of sp³-hybridized carbons (Fsp3) is 0.727. The molecular weight excluding hydrogens is 312 g/mol. The van der Waals surface area contributed by atoms with Gasteiger partial charge in [-0.25, -0.2) is 0 Å². The minimum Gasteiger partial charge on any atom is -0.392 e. The Hall–Kier alpha value is -1.22. The van der Waals surface area contributed by atoms with Crippen LogP contribution in [0, 0.1) is 34.5 Å². The Morgan fingerprint density at radius 1 is 1.24 bits per heavy atom. The molecule has 4 aliphatic rings. The van der Waals surface area contributed by atoms with E-state index in [1.165, 1.54) is 5.57 Å². The van der Waals surface area contributed by atoms with Crippen molar-refractivity contribution in [1.82, 2.24) is 0 Å². The summed E-state index contributed by atoms with van der Waals surface area (Å²) in [6, 6.07) is 0. The van der Waals surface area contributed by atoms with Crippen LogP contribution in [0.15, 0.2) is 23.8 Å². The van der Waals surface area contributed by atoms with Gasteiger partial charge in [-0.3, -0.25) is 9.59 Å². The van der Waals surface area contributed by atoms with E-state index in [4.69, 9.17) is 0 Å². The van der Waals surface area contributed by atoms with Crippen LogP contribution in [0.25, 0.3) is 0 Å². The Morgan fingerprint density at radius 3 is 2.64 bits per heavy atom. The summed E-state index contributed by atoms with van der Waals surface area (Å²) in [6.45, 7) is 10.5. The van der Waals surface area contributed by atoms with Crippen LogP contribution in [-0.4, -0.2) is 22.8 Å². The fourth-order valence-corrected chi connectivity index (χ4v) is 7.32. The second-order valence-corrected chi connectivity index (χ2v) is 9.50. The van der Waals surface area contributed by atoms with Gasteiger partial charge in [0.15, 0.2) is 5.78 Å². The molecule has 0 spiro atoms. The summed E-state index contributed by atoms with van der Waals surface area (Å²) in [5, 5.41) is 10.8. The van der Waals surface area contributed by atoms with Crippen molar-refractivity contribution >= 4 is 11.6 Å². The Labute approximate surface area is 150 Å². The number of hydrogen-bond donors (Lipinski definition) is 1. The molecule has 0 aromatic rings. The van der Waals surface area contributed by atoms with Crippen LogP contribution in [0.2, 0.25) is 0 Å². The number of Topliss-reactive ketones (excluding diaryl/α,β-unsaturated/α-hetero) is 1. The van der Waals surface area contributed by atoms with Gasteiger partial charge in [-0.05, 0) is 68.3 Å². The van der Waals surface area contributed by atoms with Crippen LogP contribution in [0.5, 0.6) is 0 Å². The lowest BCUT2D eigenvalue weighted by molar-refractivity contribution is -0.133. The minimum absolute atomic E-state index is 0.000974. The van der Waals surface area contributed by atoms with E-state index in [1.54, 1.807) is 6.92 Å². The molecule has 0 saturated heterocycles. The fourth-order valence-electron chi connectivity index (χ4n) is 7.32. The van der Waals surface area contributed by atoms with Gasteiger partial charge < -0.3 is 5.11 Å². The molecule has 0 bridgehead atoms. The van der Waals surface area contributed by atoms with Gasteiger partial charge in [-0.15, -0.1) is 0 Å². The number of ketones is 2. The average molecular weight is 342 g/mol. The Bertz CT molecular complexity index is 689. The molecule has 0 heterocycles. The minimum atomic E-state index is -0.564. The molecular formula is C22H30O3. The first-order valence-electron chi connectivity index (χ1n) is 9.79. The lowest BCUT2D eigenvalue weighted by Gasteiger charge is -2.59. The van der Waals surface area contributed by atoms with Gasteiger partial charge in [-0.1, -0.05) is 31.6 Å². The molecule has 7 atom stereocenters. The Morgan fingerprint density at radius 2 is 1.96 bits per heavy atom. The molecule has 0 aliphatic heterocycles. The number of aliphatic hydroxyl groups excluding tert-OH is 1. The summed E-state index contributed by atoms with van der Waals surface area (Å²) in [7, 11) is 0. The van der Waals surface area contributed by atoms with Crippen molar-refractivity contribution in [2.75, 3.05) is 0 Å². The predicted molar refractivity (Wildman–Crippen MR) is 96.8 cm³/mol. The van der Waals surface area contributed by atoms with Gasteiger partial charge >= 0.3 is 0 Å². The maximum atomic E-state index is 12.3. The third kappa shape index (κ3) is 2.14. The van der Waals surface area contributed by atoms with Crippen molar-refractivity contribution in [2.45, 2.75) is 65.4 Å². The Kier molecular flexibility index (Phi) is 3.71. The van der Waals surface area contributed by atoms with Crippen LogP contribution in [0.4, 0.5) is 0 Å². The van der Waals surface area contributed by atoms with Crippen LogP contribution >= 0.6 is 0 Å². The molecule has 0 amide bonds. The van der Waals surface area contributed by atoms with Crippen molar-refractivity contribution in [3.8, 4) is 0 Å². The third-order valence-electron chi connectivity index (χ3n) is 8.46. The van der Waals surface area contributed by atoms with Gasteiger partial charge in [0.05, 0.1) is 6.10 Å². The number of aliphatic hydroxyl groups is 1. The zero-order chi connectivity index (χ0) is 18.1. The third-order valence-corrected chi connectivity index (χ3v) is 8.46. The molecule has 4 aliphatic carbocycles. The Balaban J connectivity index is 1.73. The van der Waals surface area contributed by atoms with E-state index >= 15 is 0 Å². The molecule has 4 rings (SSSR count). The zero-order valence-corrected chi connectivity index (χ0v) is 15.7. The maximum absolute atomic E-state index is 12.3. The molecule has 136 valence electrons. The number of carbonyl (C=O) groups excluding carboxylic acids is 2. The van der Waals surface area contributed by atoms with Crippen molar-refractivity contribution in [1.29, 1.82) is 0 Å². The summed E-state index contributed by atoms with van der Waals surface area (Å²) in [5.41, 5.74) is 2.04. The van der Waals surface area contributed by atoms with Crippen LogP contribution in [0.1, 0.15) is 59.3 Å². The van der Waals surface area contributed by atoms with Crippen LogP contribution in [0.3, 0.4) is 0 Å². The van der Waals surface area contributed by atoms with E-state index in [0.717, 1.165) is 37.7 Å². The van der Waals surface area contributed by atoms with Crippen LogP contribution < -0.4 is 0 Å². The normalized spacial score (nSPS) is 49.1. The molecule has 3 nitrogen and oxygen atoms in total. The van der Waals surface area contributed by atoms with E-state index in [-0.39, 0.29) is 34.7 Å². The van der Waals surface area contributed by atoms with Crippen molar-refractivity contribution < 1.29 is 14.7 Å². The highest BCUT2D eigenvalue weighted by molar-refractivity contribution is 5.92. The number of rotatable bonds is 1. The van der Waals surface area contributed by atoms with Gasteiger partial charge in [0.25, 0.3) is 0 Å². The largest absolute Gasteiger partial charge is 0.392 e. The molecule has 25 heavy (non-hydrogen) atoms. The summed E-state index contributed by atoms with van der Waals surface area (Å²) >= 11 is 0. The van der Waals surface area contributed by atoms with Crippen molar-refractivity contribution in [3.63, 3.8) is 0 Å². The molecule has 3 heteroatoms. The lowest BCUT2D eigenvalue weighted by atomic mass is 9.46. The number of fused-ring (bicyclic) bond motifs is 5. The first kappa shape index (κ1) is 17.2. The van der Waals surface area contributed by atoms with Crippen LogP contribution in [-0.2, 0) is 9.59 Å². The first-order valence-corrected chi connectivity index (χ1v) is 9.79. The van der Waals surface area contributed by atoms with E-state index in [1.807, 2.05) is 6.08 Å². The highest BCUT2D eigenvalue weighted by Gasteiger charge is 2.62. The van der Waals surface area contributed by atoms with E-state index in [0.29, 0.717) is 17.8 Å². The second-order valence-electron chi connectivity index (χ2n) is 9.50. The van der Waals surface area contributed by atoms with Gasteiger partial charge in [-0.2, -0.15) is 0 Å². The first-order chi connectivity index (χ1) is 11.7. The standard InChI is InChI=1S/C22H30O3/c1-12-9-18-16-6-5-14-10-15(24)11-19(25)22(14,4)17(16)7-8-21(18,3)20(12)13(2)23/h10,16-20,25H,1,5-9,11H2,2-4H3/t16-,17+,18+,19?,20-,21+,22+/m1/s1. The lowest BCUT2D eigenvalue weighted by Crippen LogP contribution is -2.55. The van der Waals surface area contributed by atoms with Gasteiger partial charge in [0, 0.05) is 17.8 Å². The highest BCUT2D eigenvalue weighted by Crippen LogP contribution is 2.67. The van der Waals surface area contributed by atoms with Crippen molar-refractivity contribution in [3.05, 3.63) is 23.8 Å². The maximum Gasteiger partial charge on any atom is 0.158 e.